The number of benzene rings is 1. The molecular weight excluding hydrogens is 326 g/mol. The Hall–Kier alpha value is -1.57. The first-order valence-electron chi connectivity index (χ1n) is 6.69. The van der Waals surface area contributed by atoms with Crippen molar-refractivity contribution in [2.45, 2.75) is 25.2 Å². The van der Waals surface area contributed by atoms with Gasteiger partial charge in [0, 0.05) is 6.54 Å². The standard InChI is InChI=1S/C14H18ClN3O3S/c1-9-14(10(2)18-17-9)22(19,20)16-7-6-11-4-5-13(21-3)12(15)8-11/h4-5,8,16H,6-7H2,1-3H3,(H,17,18). The van der Waals surface area contributed by atoms with Gasteiger partial charge in [0.2, 0.25) is 10.0 Å². The van der Waals surface area contributed by atoms with Gasteiger partial charge < -0.3 is 4.74 Å². The van der Waals surface area contributed by atoms with E-state index in [2.05, 4.69) is 14.9 Å². The fourth-order valence-electron chi connectivity index (χ4n) is 2.20. The van der Waals surface area contributed by atoms with Crippen molar-refractivity contribution in [3.8, 4) is 5.75 Å². The number of ether oxygens (including phenoxy) is 1. The van der Waals surface area contributed by atoms with Gasteiger partial charge in [-0.15, -0.1) is 0 Å². The van der Waals surface area contributed by atoms with Crippen LogP contribution >= 0.6 is 11.6 Å². The van der Waals surface area contributed by atoms with Gasteiger partial charge >= 0.3 is 0 Å². The fourth-order valence-corrected chi connectivity index (χ4v) is 3.88. The van der Waals surface area contributed by atoms with E-state index in [0.29, 0.717) is 28.6 Å². The Morgan fingerprint density at radius 3 is 2.64 bits per heavy atom. The number of rotatable bonds is 6. The molecule has 0 unspecified atom stereocenters. The average Bonchev–Trinajstić information content (AvgIpc) is 2.79. The van der Waals surface area contributed by atoms with Crippen molar-refractivity contribution in [2.24, 2.45) is 0 Å². The number of hydrogen-bond donors (Lipinski definition) is 2. The Kier molecular flexibility index (Phi) is 5.10. The molecule has 0 bridgehead atoms. The molecule has 6 nitrogen and oxygen atoms in total. The number of halogens is 1. The van der Waals surface area contributed by atoms with Crippen LogP contribution in [0.15, 0.2) is 23.1 Å². The van der Waals surface area contributed by atoms with Crippen molar-refractivity contribution in [1.29, 1.82) is 0 Å². The smallest absolute Gasteiger partial charge is 0.244 e. The zero-order valence-corrected chi connectivity index (χ0v) is 14.2. The van der Waals surface area contributed by atoms with Gasteiger partial charge in [-0.2, -0.15) is 5.10 Å². The second-order valence-electron chi connectivity index (χ2n) is 4.88. The quantitative estimate of drug-likeness (QED) is 0.842. The lowest BCUT2D eigenvalue weighted by Gasteiger charge is -2.08. The molecule has 1 heterocycles. The first-order valence-corrected chi connectivity index (χ1v) is 8.55. The zero-order chi connectivity index (χ0) is 16.3. The summed E-state index contributed by atoms with van der Waals surface area (Å²) >= 11 is 6.05. The summed E-state index contributed by atoms with van der Waals surface area (Å²) < 4.78 is 32.2. The van der Waals surface area contributed by atoms with E-state index in [-0.39, 0.29) is 11.4 Å². The van der Waals surface area contributed by atoms with Crippen molar-refractivity contribution >= 4 is 21.6 Å². The lowest BCUT2D eigenvalue weighted by molar-refractivity contribution is 0.415. The van der Waals surface area contributed by atoms with Crippen LogP contribution in [-0.4, -0.2) is 32.3 Å². The highest BCUT2D eigenvalue weighted by Gasteiger charge is 2.21. The molecule has 0 radical (unpaired) electrons. The van der Waals surface area contributed by atoms with Crippen molar-refractivity contribution in [3.05, 3.63) is 40.2 Å². The van der Waals surface area contributed by atoms with Gasteiger partial charge in [-0.25, -0.2) is 13.1 Å². The number of hydrogen-bond acceptors (Lipinski definition) is 4. The molecule has 0 amide bonds. The van der Waals surface area contributed by atoms with Gasteiger partial charge in [0.1, 0.15) is 10.6 Å². The molecular formula is C14H18ClN3O3S. The third-order valence-corrected chi connectivity index (χ3v) is 5.27. The molecule has 2 aromatic rings. The molecule has 0 saturated carbocycles. The Morgan fingerprint density at radius 2 is 2.09 bits per heavy atom. The molecule has 22 heavy (non-hydrogen) atoms. The monoisotopic (exact) mass is 343 g/mol. The summed E-state index contributed by atoms with van der Waals surface area (Å²) in [6.07, 6.45) is 0.527. The van der Waals surface area contributed by atoms with Crippen LogP contribution in [0.3, 0.4) is 0 Å². The molecule has 0 aliphatic heterocycles. The van der Waals surface area contributed by atoms with Gasteiger partial charge in [-0.3, -0.25) is 5.10 Å². The van der Waals surface area contributed by atoms with Crippen LogP contribution in [-0.2, 0) is 16.4 Å². The summed E-state index contributed by atoms with van der Waals surface area (Å²) in [5.41, 5.74) is 1.91. The maximum atomic E-state index is 12.3. The average molecular weight is 344 g/mol. The molecule has 0 atom stereocenters. The lowest BCUT2D eigenvalue weighted by atomic mass is 10.1. The number of aromatic amines is 1. The highest BCUT2D eigenvalue weighted by Crippen LogP contribution is 2.25. The Bertz CT molecular complexity index is 752. The van der Waals surface area contributed by atoms with Crippen LogP contribution in [0.4, 0.5) is 0 Å². The number of nitrogens with zero attached hydrogens (tertiary/aromatic N) is 1. The van der Waals surface area contributed by atoms with Crippen LogP contribution in [0.25, 0.3) is 0 Å². The summed E-state index contributed by atoms with van der Waals surface area (Å²) in [6, 6.07) is 5.38. The maximum Gasteiger partial charge on any atom is 0.244 e. The molecule has 1 aromatic heterocycles. The lowest BCUT2D eigenvalue weighted by Crippen LogP contribution is -2.26. The molecule has 1 aromatic carbocycles. The van der Waals surface area contributed by atoms with E-state index in [1.807, 2.05) is 6.07 Å². The summed E-state index contributed by atoms with van der Waals surface area (Å²) in [7, 11) is -2.03. The summed E-state index contributed by atoms with van der Waals surface area (Å²) in [4.78, 5) is 0.209. The second kappa shape index (κ2) is 6.68. The number of methoxy groups -OCH3 is 1. The minimum absolute atomic E-state index is 0.209. The fraction of sp³-hybridized carbons (Fsp3) is 0.357. The largest absolute Gasteiger partial charge is 0.495 e. The third-order valence-electron chi connectivity index (χ3n) is 3.25. The number of aryl methyl sites for hydroxylation is 2. The molecule has 0 aliphatic rings. The predicted molar refractivity (Wildman–Crippen MR) is 85.0 cm³/mol. The van der Waals surface area contributed by atoms with Gasteiger partial charge in [-0.05, 0) is 38.0 Å². The van der Waals surface area contributed by atoms with E-state index in [1.165, 1.54) is 0 Å². The van der Waals surface area contributed by atoms with E-state index < -0.39 is 10.0 Å². The van der Waals surface area contributed by atoms with E-state index >= 15 is 0 Å². The molecule has 2 N–H and O–H groups in total. The third kappa shape index (κ3) is 3.60. The predicted octanol–water partition coefficient (Wildman–Crippen LogP) is 2.21. The minimum atomic E-state index is -3.57. The summed E-state index contributed by atoms with van der Waals surface area (Å²) in [5.74, 6) is 0.593. The summed E-state index contributed by atoms with van der Waals surface area (Å²) in [6.45, 7) is 3.61. The van der Waals surface area contributed by atoms with Crippen LogP contribution in [0.5, 0.6) is 5.75 Å². The normalized spacial score (nSPS) is 11.6. The van der Waals surface area contributed by atoms with E-state index in [1.54, 1.807) is 33.1 Å². The van der Waals surface area contributed by atoms with Gasteiger partial charge in [0.15, 0.2) is 0 Å². The van der Waals surface area contributed by atoms with Crippen molar-refractivity contribution in [2.75, 3.05) is 13.7 Å². The van der Waals surface area contributed by atoms with Gasteiger partial charge in [0.05, 0.1) is 23.5 Å². The van der Waals surface area contributed by atoms with Crippen molar-refractivity contribution < 1.29 is 13.2 Å². The molecule has 0 fully saturated rings. The van der Waals surface area contributed by atoms with E-state index in [0.717, 1.165) is 5.56 Å². The Balaban J connectivity index is 2.03. The van der Waals surface area contributed by atoms with Crippen LogP contribution in [0.1, 0.15) is 17.0 Å². The van der Waals surface area contributed by atoms with Crippen molar-refractivity contribution in [1.82, 2.24) is 14.9 Å². The molecule has 120 valence electrons. The Labute approximate surface area is 134 Å². The second-order valence-corrected chi connectivity index (χ2v) is 6.99. The molecule has 8 heteroatoms. The molecule has 0 saturated heterocycles. The topological polar surface area (TPSA) is 84.1 Å². The summed E-state index contributed by atoms with van der Waals surface area (Å²) in [5, 5.41) is 7.08. The number of nitrogens with one attached hydrogen (secondary N) is 2. The van der Waals surface area contributed by atoms with Gasteiger partial charge in [0.25, 0.3) is 0 Å². The Morgan fingerprint density at radius 1 is 1.36 bits per heavy atom. The van der Waals surface area contributed by atoms with Crippen LogP contribution in [0, 0.1) is 13.8 Å². The highest BCUT2D eigenvalue weighted by atomic mass is 35.5. The van der Waals surface area contributed by atoms with E-state index in [4.69, 9.17) is 16.3 Å². The first-order chi connectivity index (χ1) is 10.3. The maximum absolute atomic E-state index is 12.3. The molecule has 0 aliphatic carbocycles. The van der Waals surface area contributed by atoms with E-state index in [9.17, 15) is 8.42 Å². The van der Waals surface area contributed by atoms with Crippen molar-refractivity contribution in [3.63, 3.8) is 0 Å². The number of sulfonamides is 1. The first kappa shape index (κ1) is 16.8. The SMILES string of the molecule is COc1ccc(CCNS(=O)(=O)c2c(C)n[nH]c2C)cc1Cl. The number of H-pyrrole nitrogens is 1. The zero-order valence-electron chi connectivity index (χ0n) is 12.6. The molecule has 2 rings (SSSR count). The molecule has 0 spiro atoms. The highest BCUT2D eigenvalue weighted by molar-refractivity contribution is 7.89. The minimum Gasteiger partial charge on any atom is -0.495 e. The van der Waals surface area contributed by atoms with Crippen LogP contribution < -0.4 is 9.46 Å². The van der Waals surface area contributed by atoms with Crippen LogP contribution in [0.2, 0.25) is 5.02 Å². The number of aromatic nitrogens is 2. The van der Waals surface area contributed by atoms with Gasteiger partial charge in [-0.1, -0.05) is 17.7 Å².